The standard InChI is InChI=1S/C24H26FN3O2/c1-17-14-28(18(2)13-27(17)15-19-7-10-21(25)11-8-19)24(29)16-30-23-12-9-20-5-3-4-6-22(20)26-23/h3-12,17-18H,13-16H2,1-2H3. The summed E-state index contributed by atoms with van der Waals surface area (Å²) in [6.45, 7) is 6.27. The summed E-state index contributed by atoms with van der Waals surface area (Å²) in [6.07, 6.45) is 0. The molecule has 2 aromatic carbocycles. The molecule has 2 unspecified atom stereocenters. The Labute approximate surface area is 176 Å². The van der Waals surface area contributed by atoms with Gasteiger partial charge >= 0.3 is 0 Å². The monoisotopic (exact) mass is 407 g/mol. The van der Waals surface area contributed by atoms with Gasteiger partial charge in [-0.1, -0.05) is 30.3 Å². The molecular weight excluding hydrogens is 381 g/mol. The lowest BCUT2D eigenvalue weighted by atomic mass is 10.1. The highest BCUT2D eigenvalue weighted by Crippen LogP contribution is 2.20. The molecule has 5 nitrogen and oxygen atoms in total. The van der Waals surface area contributed by atoms with E-state index in [1.807, 2.05) is 47.4 Å². The average molecular weight is 407 g/mol. The van der Waals surface area contributed by atoms with Crippen molar-refractivity contribution in [2.24, 2.45) is 0 Å². The first kappa shape index (κ1) is 20.3. The van der Waals surface area contributed by atoms with E-state index in [2.05, 4.69) is 23.7 Å². The topological polar surface area (TPSA) is 45.7 Å². The zero-order chi connectivity index (χ0) is 21.1. The minimum atomic E-state index is -0.225. The van der Waals surface area contributed by atoms with Crippen molar-refractivity contribution in [2.75, 3.05) is 19.7 Å². The molecule has 1 aliphatic heterocycles. The van der Waals surface area contributed by atoms with Crippen LogP contribution in [-0.4, -0.2) is 52.5 Å². The number of piperazine rings is 1. The number of carbonyl (C=O) groups excluding carboxylic acids is 1. The SMILES string of the molecule is CC1CN(C(=O)COc2ccc3ccccc3n2)C(C)CN1Cc1ccc(F)cc1. The first-order chi connectivity index (χ1) is 14.5. The Morgan fingerprint density at radius 2 is 1.80 bits per heavy atom. The van der Waals surface area contributed by atoms with Crippen LogP contribution in [0.2, 0.25) is 0 Å². The molecule has 0 spiro atoms. The number of nitrogens with zero attached hydrogens (tertiary/aromatic N) is 3. The molecule has 1 aliphatic rings. The van der Waals surface area contributed by atoms with Crippen molar-refractivity contribution in [2.45, 2.75) is 32.5 Å². The number of benzene rings is 2. The van der Waals surface area contributed by atoms with Gasteiger partial charge in [0.25, 0.3) is 5.91 Å². The van der Waals surface area contributed by atoms with Gasteiger partial charge in [-0.15, -0.1) is 0 Å². The number of carbonyl (C=O) groups is 1. The van der Waals surface area contributed by atoms with Gasteiger partial charge in [-0.25, -0.2) is 9.37 Å². The van der Waals surface area contributed by atoms with Crippen molar-refractivity contribution >= 4 is 16.8 Å². The van der Waals surface area contributed by atoms with E-state index in [4.69, 9.17) is 4.74 Å². The summed E-state index contributed by atoms with van der Waals surface area (Å²) in [6, 6.07) is 18.4. The number of rotatable bonds is 5. The van der Waals surface area contributed by atoms with Crippen molar-refractivity contribution in [1.82, 2.24) is 14.8 Å². The van der Waals surface area contributed by atoms with Crippen LogP contribution in [0.1, 0.15) is 19.4 Å². The molecular formula is C24H26FN3O2. The maximum Gasteiger partial charge on any atom is 0.260 e. The summed E-state index contributed by atoms with van der Waals surface area (Å²) in [5.41, 5.74) is 1.92. The molecule has 30 heavy (non-hydrogen) atoms. The Morgan fingerprint density at radius 1 is 1.03 bits per heavy atom. The van der Waals surface area contributed by atoms with Crippen LogP contribution in [0.5, 0.6) is 5.88 Å². The van der Waals surface area contributed by atoms with Crippen LogP contribution >= 0.6 is 0 Å². The van der Waals surface area contributed by atoms with Gasteiger partial charge in [0.1, 0.15) is 5.82 Å². The van der Waals surface area contributed by atoms with Crippen LogP contribution in [0.15, 0.2) is 60.7 Å². The first-order valence-corrected chi connectivity index (χ1v) is 10.3. The average Bonchev–Trinajstić information content (AvgIpc) is 2.75. The number of amides is 1. The predicted molar refractivity (Wildman–Crippen MR) is 115 cm³/mol. The molecule has 156 valence electrons. The third kappa shape index (κ3) is 4.60. The summed E-state index contributed by atoms with van der Waals surface area (Å²) in [7, 11) is 0. The lowest BCUT2D eigenvalue weighted by Gasteiger charge is -2.44. The van der Waals surface area contributed by atoms with Gasteiger partial charge in [0.15, 0.2) is 6.61 Å². The van der Waals surface area contributed by atoms with E-state index in [1.54, 1.807) is 6.07 Å². The number of aromatic nitrogens is 1. The highest BCUT2D eigenvalue weighted by atomic mass is 19.1. The lowest BCUT2D eigenvalue weighted by molar-refractivity contribution is -0.139. The minimum absolute atomic E-state index is 0.0274. The van der Waals surface area contributed by atoms with E-state index >= 15 is 0 Å². The molecule has 2 atom stereocenters. The van der Waals surface area contributed by atoms with Crippen molar-refractivity contribution in [3.8, 4) is 5.88 Å². The third-order valence-electron chi connectivity index (χ3n) is 5.65. The second-order valence-corrected chi connectivity index (χ2v) is 7.93. The van der Waals surface area contributed by atoms with Crippen molar-refractivity contribution in [1.29, 1.82) is 0 Å². The highest BCUT2D eigenvalue weighted by Gasteiger charge is 2.32. The predicted octanol–water partition coefficient (Wildman–Crippen LogP) is 3.87. The number of halogens is 1. The molecule has 2 heterocycles. The van der Waals surface area contributed by atoms with Crippen molar-refractivity contribution in [3.63, 3.8) is 0 Å². The second-order valence-electron chi connectivity index (χ2n) is 7.93. The molecule has 0 saturated carbocycles. The summed E-state index contributed by atoms with van der Waals surface area (Å²) < 4.78 is 18.8. The molecule has 3 aromatic rings. The van der Waals surface area contributed by atoms with Gasteiger partial charge in [0.2, 0.25) is 5.88 Å². The van der Waals surface area contributed by atoms with Crippen LogP contribution in [0.25, 0.3) is 10.9 Å². The molecule has 0 aliphatic carbocycles. The number of pyridine rings is 1. The van der Waals surface area contributed by atoms with Crippen LogP contribution in [0.4, 0.5) is 4.39 Å². The van der Waals surface area contributed by atoms with Gasteiger partial charge in [0.05, 0.1) is 5.52 Å². The Hall–Kier alpha value is -2.99. The van der Waals surface area contributed by atoms with Crippen LogP contribution in [0, 0.1) is 5.82 Å². The molecule has 6 heteroatoms. The van der Waals surface area contributed by atoms with Crippen LogP contribution in [0.3, 0.4) is 0 Å². The largest absolute Gasteiger partial charge is 0.468 e. The van der Waals surface area contributed by atoms with Gasteiger partial charge < -0.3 is 9.64 Å². The number of hydrogen-bond donors (Lipinski definition) is 0. The van der Waals surface area contributed by atoms with E-state index in [9.17, 15) is 9.18 Å². The molecule has 0 N–H and O–H groups in total. The Bertz CT molecular complexity index is 1020. The Balaban J connectivity index is 1.34. The fraction of sp³-hybridized carbons (Fsp3) is 0.333. The third-order valence-corrected chi connectivity index (χ3v) is 5.65. The number of para-hydroxylation sites is 1. The zero-order valence-electron chi connectivity index (χ0n) is 17.3. The first-order valence-electron chi connectivity index (χ1n) is 10.3. The fourth-order valence-electron chi connectivity index (χ4n) is 3.94. The summed E-state index contributed by atoms with van der Waals surface area (Å²) in [5.74, 6) is 0.194. The van der Waals surface area contributed by atoms with Crippen LogP contribution < -0.4 is 4.74 Å². The smallest absolute Gasteiger partial charge is 0.260 e. The van der Waals surface area contributed by atoms with Crippen LogP contribution in [-0.2, 0) is 11.3 Å². The number of hydrogen-bond acceptors (Lipinski definition) is 4. The Kier molecular flexibility index (Phi) is 5.95. The van der Waals surface area contributed by atoms with E-state index in [0.29, 0.717) is 12.4 Å². The second kappa shape index (κ2) is 8.79. The summed E-state index contributed by atoms with van der Waals surface area (Å²) in [4.78, 5) is 21.5. The van der Waals surface area contributed by atoms with E-state index < -0.39 is 0 Å². The number of fused-ring (bicyclic) bond motifs is 1. The molecule has 0 radical (unpaired) electrons. The van der Waals surface area contributed by atoms with Gasteiger partial charge in [-0.05, 0) is 43.7 Å². The van der Waals surface area contributed by atoms with Gasteiger partial charge in [-0.2, -0.15) is 0 Å². The molecule has 1 amide bonds. The molecule has 0 bridgehead atoms. The van der Waals surface area contributed by atoms with Crippen molar-refractivity contribution in [3.05, 3.63) is 72.0 Å². The normalized spacial score (nSPS) is 19.8. The van der Waals surface area contributed by atoms with E-state index in [0.717, 1.165) is 29.6 Å². The highest BCUT2D eigenvalue weighted by molar-refractivity contribution is 5.80. The van der Waals surface area contributed by atoms with E-state index in [-0.39, 0.29) is 30.4 Å². The molecule has 4 rings (SSSR count). The molecule has 1 fully saturated rings. The summed E-state index contributed by atoms with van der Waals surface area (Å²) in [5, 5.41) is 1.04. The molecule has 1 saturated heterocycles. The maximum atomic E-state index is 13.1. The zero-order valence-corrected chi connectivity index (χ0v) is 17.3. The number of ether oxygens (including phenoxy) is 1. The van der Waals surface area contributed by atoms with Gasteiger partial charge in [0, 0.05) is 43.2 Å². The fourth-order valence-corrected chi connectivity index (χ4v) is 3.94. The minimum Gasteiger partial charge on any atom is -0.468 e. The van der Waals surface area contributed by atoms with E-state index in [1.165, 1.54) is 12.1 Å². The summed E-state index contributed by atoms with van der Waals surface area (Å²) >= 11 is 0. The van der Waals surface area contributed by atoms with Crippen molar-refractivity contribution < 1.29 is 13.9 Å². The quantitative estimate of drug-likeness (QED) is 0.644. The Morgan fingerprint density at radius 3 is 2.60 bits per heavy atom. The van der Waals surface area contributed by atoms with Gasteiger partial charge in [-0.3, -0.25) is 9.69 Å². The lowest BCUT2D eigenvalue weighted by Crippen LogP contribution is -2.58. The maximum absolute atomic E-state index is 13.1. The molecule has 1 aromatic heterocycles.